The molecule has 2 aromatic heterocycles. The van der Waals surface area contributed by atoms with Crippen molar-refractivity contribution >= 4 is 11.0 Å². The molecule has 0 saturated heterocycles. The van der Waals surface area contributed by atoms with Gasteiger partial charge in [0, 0.05) is 19.6 Å². The lowest BCUT2D eigenvalue weighted by Crippen LogP contribution is -2.36. The van der Waals surface area contributed by atoms with Gasteiger partial charge in [0.25, 0.3) is 5.56 Å². The molecule has 2 unspecified atom stereocenters. The van der Waals surface area contributed by atoms with E-state index in [4.69, 9.17) is 5.73 Å². The maximum Gasteiger partial charge on any atom is 0.264 e. The second-order valence-corrected chi connectivity index (χ2v) is 4.76. The highest BCUT2D eigenvalue weighted by molar-refractivity contribution is 5.72. The van der Waals surface area contributed by atoms with Crippen LogP contribution in [0.15, 0.2) is 17.3 Å². The minimum Gasteiger partial charge on any atom is -0.326 e. The van der Waals surface area contributed by atoms with Gasteiger partial charge >= 0.3 is 0 Å². The summed E-state index contributed by atoms with van der Waals surface area (Å²) >= 11 is 0. The number of rotatable bonds is 4. The Hall–Kier alpha value is -1.69. The molecule has 0 amide bonds. The molecule has 6 heteroatoms. The van der Waals surface area contributed by atoms with Crippen molar-refractivity contribution in [2.45, 2.75) is 32.9 Å². The van der Waals surface area contributed by atoms with Crippen LogP contribution in [0.4, 0.5) is 0 Å². The molecule has 0 bridgehead atoms. The van der Waals surface area contributed by atoms with Gasteiger partial charge in [-0.05, 0) is 5.92 Å². The molecule has 2 atom stereocenters. The lowest BCUT2D eigenvalue weighted by molar-refractivity contribution is 0.391. The molecule has 0 spiro atoms. The van der Waals surface area contributed by atoms with Crippen molar-refractivity contribution in [3.63, 3.8) is 0 Å². The molecule has 98 valence electrons. The average molecular weight is 249 g/mol. The smallest absolute Gasteiger partial charge is 0.264 e. The topological polar surface area (TPSA) is 78.7 Å². The lowest BCUT2D eigenvalue weighted by atomic mass is 10.0. The Morgan fingerprint density at radius 2 is 2.22 bits per heavy atom. The number of hydrogen-bond acceptors (Lipinski definition) is 4. The summed E-state index contributed by atoms with van der Waals surface area (Å²) < 4.78 is 3.16. The fraction of sp³-hybridized carbons (Fsp3) is 0.583. The number of fused-ring (bicyclic) bond motifs is 1. The molecule has 0 saturated carbocycles. The van der Waals surface area contributed by atoms with E-state index in [1.165, 1.54) is 0 Å². The molecule has 2 rings (SSSR count). The van der Waals surface area contributed by atoms with Gasteiger partial charge in [0.15, 0.2) is 5.65 Å². The molecule has 2 heterocycles. The van der Waals surface area contributed by atoms with Gasteiger partial charge in [0.2, 0.25) is 0 Å². The number of aryl methyl sites for hydroxylation is 1. The fourth-order valence-corrected chi connectivity index (χ4v) is 1.91. The molecule has 0 aliphatic heterocycles. The Morgan fingerprint density at radius 1 is 1.50 bits per heavy atom. The maximum absolute atomic E-state index is 12.2. The van der Waals surface area contributed by atoms with E-state index in [0.29, 0.717) is 23.5 Å². The minimum atomic E-state index is -0.0770. The van der Waals surface area contributed by atoms with Crippen molar-refractivity contribution < 1.29 is 0 Å². The van der Waals surface area contributed by atoms with Crippen molar-refractivity contribution in [1.82, 2.24) is 19.3 Å². The second kappa shape index (κ2) is 4.89. The van der Waals surface area contributed by atoms with Crippen LogP contribution in [0.5, 0.6) is 0 Å². The first-order valence-electron chi connectivity index (χ1n) is 6.17. The van der Waals surface area contributed by atoms with Crippen LogP contribution < -0.4 is 11.3 Å². The van der Waals surface area contributed by atoms with Crippen LogP contribution in [0, 0.1) is 5.92 Å². The normalized spacial score (nSPS) is 14.9. The monoisotopic (exact) mass is 249 g/mol. The average Bonchev–Trinajstić information content (AvgIpc) is 2.74. The molecule has 18 heavy (non-hydrogen) atoms. The maximum atomic E-state index is 12.2. The number of aromatic nitrogens is 4. The Bertz CT molecular complexity index is 600. The highest BCUT2D eigenvalue weighted by atomic mass is 16.1. The van der Waals surface area contributed by atoms with Crippen LogP contribution in [0.2, 0.25) is 0 Å². The van der Waals surface area contributed by atoms with E-state index in [1.54, 1.807) is 28.8 Å². The quantitative estimate of drug-likeness (QED) is 0.856. The standard InChI is InChI=1S/C12H19N5O/c1-4-8(2)10(13)6-17-7-14-11-9(12(17)18)5-15-16(11)3/h5,7-8,10H,4,6,13H2,1-3H3. The summed E-state index contributed by atoms with van der Waals surface area (Å²) in [6.07, 6.45) is 4.10. The number of nitrogens with zero attached hydrogens (tertiary/aromatic N) is 4. The lowest BCUT2D eigenvalue weighted by Gasteiger charge is -2.18. The zero-order valence-corrected chi connectivity index (χ0v) is 11.0. The van der Waals surface area contributed by atoms with E-state index in [9.17, 15) is 4.79 Å². The van der Waals surface area contributed by atoms with Gasteiger partial charge in [0.1, 0.15) is 11.7 Å². The molecular weight excluding hydrogens is 230 g/mol. The largest absolute Gasteiger partial charge is 0.326 e. The molecule has 0 aromatic carbocycles. The first-order valence-corrected chi connectivity index (χ1v) is 6.17. The van der Waals surface area contributed by atoms with Crippen LogP contribution in [0.25, 0.3) is 11.0 Å². The summed E-state index contributed by atoms with van der Waals surface area (Å²) in [6, 6.07) is -0.0383. The van der Waals surface area contributed by atoms with Gasteiger partial charge in [-0.3, -0.25) is 14.0 Å². The zero-order chi connectivity index (χ0) is 13.3. The highest BCUT2D eigenvalue weighted by Crippen LogP contribution is 2.08. The van der Waals surface area contributed by atoms with Gasteiger partial charge in [0.05, 0.1) is 6.20 Å². The summed E-state index contributed by atoms with van der Waals surface area (Å²) in [6.45, 7) is 4.67. The van der Waals surface area contributed by atoms with Crippen LogP contribution in [-0.2, 0) is 13.6 Å². The first kappa shape index (κ1) is 12.8. The minimum absolute atomic E-state index is 0.0383. The third kappa shape index (κ3) is 2.15. The number of nitrogens with two attached hydrogens (primary N) is 1. The molecule has 0 fully saturated rings. The second-order valence-electron chi connectivity index (χ2n) is 4.76. The van der Waals surface area contributed by atoms with E-state index in [2.05, 4.69) is 23.9 Å². The van der Waals surface area contributed by atoms with Crippen LogP contribution >= 0.6 is 0 Å². The summed E-state index contributed by atoms with van der Waals surface area (Å²) in [5, 5.41) is 4.58. The van der Waals surface area contributed by atoms with Gasteiger partial charge < -0.3 is 5.73 Å². The van der Waals surface area contributed by atoms with Crippen molar-refractivity contribution in [3.8, 4) is 0 Å². The predicted molar refractivity (Wildman–Crippen MR) is 70.2 cm³/mol. The molecule has 0 radical (unpaired) electrons. The van der Waals surface area contributed by atoms with Crippen molar-refractivity contribution in [3.05, 3.63) is 22.9 Å². The molecule has 2 aromatic rings. The van der Waals surface area contributed by atoms with E-state index in [-0.39, 0.29) is 11.6 Å². The summed E-state index contributed by atoms with van der Waals surface area (Å²) in [5.41, 5.74) is 6.60. The van der Waals surface area contributed by atoms with Gasteiger partial charge in [-0.2, -0.15) is 5.10 Å². The Kier molecular flexibility index (Phi) is 3.47. The van der Waals surface area contributed by atoms with Gasteiger partial charge in [-0.25, -0.2) is 4.98 Å². The van der Waals surface area contributed by atoms with E-state index in [1.807, 2.05) is 0 Å². The van der Waals surface area contributed by atoms with Crippen LogP contribution in [0.1, 0.15) is 20.3 Å². The van der Waals surface area contributed by atoms with Crippen LogP contribution in [-0.4, -0.2) is 25.4 Å². The first-order chi connectivity index (χ1) is 8.54. The van der Waals surface area contributed by atoms with Crippen LogP contribution in [0.3, 0.4) is 0 Å². The Morgan fingerprint density at radius 3 is 2.89 bits per heavy atom. The third-order valence-corrected chi connectivity index (χ3v) is 3.50. The van der Waals surface area contributed by atoms with E-state index in [0.717, 1.165) is 6.42 Å². The molecule has 0 aliphatic carbocycles. The molecule has 2 N–H and O–H groups in total. The van der Waals surface area contributed by atoms with Crippen molar-refractivity contribution in [1.29, 1.82) is 0 Å². The Labute approximate surface area is 105 Å². The molecular formula is C12H19N5O. The van der Waals surface area contributed by atoms with E-state index < -0.39 is 0 Å². The molecule has 6 nitrogen and oxygen atoms in total. The van der Waals surface area contributed by atoms with Crippen molar-refractivity contribution in [2.24, 2.45) is 18.7 Å². The van der Waals surface area contributed by atoms with Gasteiger partial charge in [-0.1, -0.05) is 20.3 Å². The predicted octanol–water partition coefficient (Wildman–Crippen LogP) is 0.503. The molecule has 0 aliphatic rings. The Balaban J connectivity index is 2.35. The van der Waals surface area contributed by atoms with E-state index >= 15 is 0 Å². The zero-order valence-electron chi connectivity index (χ0n) is 11.0. The number of hydrogen-bond donors (Lipinski definition) is 1. The highest BCUT2D eigenvalue weighted by Gasteiger charge is 2.14. The summed E-state index contributed by atoms with van der Waals surface area (Å²) in [4.78, 5) is 16.4. The van der Waals surface area contributed by atoms with Crippen molar-refractivity contribution in [2.75, 3.05) is 0 Å². The van der Waals surface area contributed by atoms with Gasteiger partial charge in [-0.15, -0.1) is 0 Å². The third-order valence-electron chi connectivity index (χ3n) is 3.50. The summed E-state index contributed by atoms with van der Waals surface area (Å²) in [7, 11) is 1.77. The SMILES string of the molecule is CCC(C)C(N)Cn1cnc2c(cnn2C)c1=O. The fourth-order valence-electron chi connectivity index (χ4n) is 1.91. The summed E-state index contributed by atoms with van der Waals surface area (Å²) in [5.74, 6) is 0.376.